The predicted molar refractivity (Wildman–Crippen MR) is 74.9 cm³/mol. The maximum Gasteiger partial charge on any atom is 0.0405 e. The van der Waals surface area contributed by atoms with Gasteiger partial charge in [-0.15, -0.1) is 0 Å². The minimum absolute atomic E-state index is 0.587. The number of anilines is 1. The van der Waals surface area contributed by atoms with Gasteiger partial charge in [-0.1, -0.05) is 12.1 Å². The maximum absolute atomic E-state index is 3.36. The van der Waals surface area contributed by atoms with Crippen molar-refractivity contribution in [3.05, 3.63) is 29.3 Å². The third kappa shape index (κ3) is 2.32. The molecular weight excluding hydrogens is 208 g/mol. The van der Waals surface area contributed by atoms with Gasteiger partial charge in [-0.2, -0.15) is 0 Å². The second-order valence-electron chi connectivity index (χ2n) is 5.17. The number of likely N-dealkylation sites (N-methyl/N-ethyl adjacent to an activating group) is 1. The largest absolute Gasteiger partial charge is 0.371 e. The summed E-state index contributed by atoms with van der Waals surface area (Å²) in [7, 11) is 2.05. The van der Waals surface area contributed by atoms with Crippen LogP contribution >= 0.6 is 0 Å². The highest BCUT2D eigenvalue weighted by molar-refractivity contribution is 5.62. The van der Waals surface area contributed by atoms with E-state index in [1.807, 2.05) is 0 Å². The molecule has 1 N–H and O–H groups in total. The van der Waals surface area contributed by atoms with Gasteiger partial charge in [0, 0.05) is 30.7 Å². The van der Waals surface area contributed by atoms with E-state index in [1.165, 1.54) is 24.2 Å². The van der Waals surface area contributed by atoms with Crippen LogP contribution in [-0.2, 0) is 0 Å². The summed E-state index contributed by atoms with van der Waals surface area (Å²) in [6.45, 7) is 9.06. The summed E-state index contributed by atoms with van der Waals surface area (Å²) in [5, 5.41) is 3.36. The lowest BCUT2D eigenvalue weighted by molar-refractivity contribution is 0.505. The fourth-order valence-electron chi connectivity index (χ4n) is 2.96. The van der Waals surface area contributed by atoms with Crippen LogP contribution in [0.15, 0.2) is 18.2 Å². The van der Waals surface area contributed by atoms with E-state index in [9.17, 15) is 0 Å². The molecule has 1 aromatic rings. The van der Waals surface area contributed by atoms with Crippen LogP contribution in [0, 0.1) is 6.92 Å². The van der Waals surface area contributed by atoms with Crippen molar-refractivity contribution < 1.29 is 0 Å². The first-order valence-corrected chi connectivity index (χ1v) is 6.69. The summed E-state index contributed by atoms with van der Waals surface area (Å²) in [6, 6.07) is 7.29. The van der Waals surface area contributed by atoms with Crippen LogP contribution in [0.5, 0.6) is 0 Å². The second kappa shape index (κ2) is 5.09. The Labute approximate surface area is 105 Å². The first-order chi connectivity index (χ1) is 8.17. The van der Waals surface area contributed by atoms with Gasteiger partial charge in [0.05, 0.1) is 0 Å². The molecule has 0 bridgehead atoms. The van der Waals surface area contributed by atoms with Crippen LogP contribution in [0.2, 0.25) is 0 Å². The summed E-state index contributed by atoms with van der Waals surface area (Å²) >= 11 is 0. The molecule has 17 heavy (non-hydrogen) atoms. The van der Waals surface area contributed by atoms with Crippen molar-refractivity contribution in [3.63, 3.8) is 0 Å². The molecular formula is C15H24N2. The molecule has 1 heterocycles. The molecule has 0 aromatic heterocycles. The Balaban J connectivity index is 2.29. The van der Waals surface area contributed by atoms with Gasteiger partial charge in [-0.05, 0) is 51.4 Å². The van der Waals surface area contributed by atoms with E-state index in [0.717, 1.165) is 6.54 Å². The quantitative estimate of drug-likeness (QED) is 0.858. The van der Waals surface area contributed by atoms with E-state index in [-0.39, 0.29) is 0 Å². The lowest BCUT2D eigenvalue weighted by Crippen LogP contribution is -2.27. The molecule has 94 valence electrons. The third-order valence-corrected chi connectivity index (χ3v) is 4.00. The molecule has 0 saturated heterocycles. The Hall–Kier alpha value is -1.02. The maximum atomic E-state index is 3.36. The topological polar surface area (TPSA) is 15.3 Å². The minimum atomic E-state index is 0.587. The number of rotatable bonds is 4. The average molecular weight is 232 g/mol. The van der Waals surface area contributed by atoms with Gasteiger partial charge < -0.3 is 10.2 Å². The van der Waals surface area contributed by atoms with Gasteiger partial charge in [-0.3, -0.25) is 0 Å². The van der Waals surface area contributed by atoms with E-state index < -0.39 is 0 Å². The van der Waals surface area contributed by atoms with Gasteiger partial charge in [0.15, 0.2) is 0 Å². The van der Waals surface area contributed by atoms with Crippen LogP contribution in [0.1, 0.15) is 37.3 Å². The molecule has 2 rings (SSSR count). The lowest BCUT2D eigenvalue weighted by atomic mass is 9.91. The molecule has 1 aliphatic rings. The molecule has 2 heteroatoms. The van der Waals surface area contributed by atoms with E-state index in [2.05, 4.69) is 56.2 Å². The zero-order chi connectivity index (χ0) is 12.4. The third-order valence-electron chi connectivity index (χ3n) is 4.00. The normalized spacial score (nSPS) is 20.5. The minimum Gasteiger partial charge on any atom is -0.371 e. The van der Waals surface area contributed by atoms with Crippen molar-refractivity contribution in [1.82, 2.24) is 5.32 Å². The van der Waals surface area contributed by atoms with E-state index >= 15 is 0 Å². The van der Waals surface area contributed by atoms with Crippen molar-refractivity contribution in [2.24, 2.45) is 0 Å². The Bertz CT molecular complexity index is 385. The van der Waals surface area contributed by atoms with E-state index in [0.29, 0.717) is 12.0 Å². The Kier molecular flexibility index (Phi) is 3.72. The molecule has 1 aliphatic heterocycles. The summed E-state index contributed by atoms with van der Waals surface area (Å²) in [4.78, 5) is 2.51. The molecule has 0 saturated carbocycles. The number of nitrogens with zero attached hydrogens (tertiary/aromatic N) is 1. The van der Waals surface area contributed by atoms with Crippen LogP contribution in [0.4, 0.5) is 5.69 Å². The van der Waals surface area contributed by atoms with Crippen LogP contribution in [0.3, 0.4) is 0 Å². The average Bonchev–Trinajstić information content (AvgIpc) is 2.68. The first-order valence-electron chi connectivity index (χ1n) is 6.69. The van der Waals surface area contributed by atoms with Gasteiger partial charge in [0.2, 0.25) is 0 Å². The van der Waals surface area contributed by atoms with Gasteiger partial charge >= 0.3 is 0 Å². The van der Waals surface area contributed by atoms with Crippen molar-refractivity contribution in [2.75, 3.05) is 25.0 Å². The Morgan fingerprint density at radius 1 is 1.47 bits per heavy atom. The molecule has 0 fully saturated rings. The highest BCUT2D eigenvalue weighted by atomic mass is 15.1. The standard InChI is InChI=1S/C15H24N2/c1-5-17-10-13(9-12(3)16-4)15-11(2)7-6-8-14(15)17/h6-8,12-13,16H,5,9-10H2,1-4H3. The zero-order valence-electron chi connectivity index (χ0n) is 11.5. The van der Waals surface area contributed by atoms with Crippen molar-refractivity contribution >= 4 is 5.69 Å². The second-order valence-corrected chi connectivity index (χ2v) is 5.17. The predicted octanol–water partition coefficient (Wildman–Crippen LogP) is 2.92. The molecule has 0 amide bonds. The van der Waals surface area contributed by atoms with E-state index in [4.69, 9.17) is 0 Å². The van der Waals surface area contributed by atoms with Crippen molar-refractivity contribution in [1.29, 1.82) is 0 Å². The lowest BCUT2D eigenvalue weighted by Gasteiger charge is -2.19. The monoisotopic (exact) mass is 232 g/mol. The highest BCUT2D eigenvalue weighted by Gasteiger charge is 2.29. The molecule has 0 aliphatic carbocycles. The molecule has 0 spiro atoms. The first kappa shape index (κ1) is 12.4. The van der Waals surface area contributed by atoms with Crippen LogP contribution in [-0.4, -0.2) is 26.2 Å². The van der Waals surface area contributed by atoms with Gasteiger partial charge in [-0.25, -0.2) is 0 Å². The smallest absolute Gasteiger partial charge is 0.0405 e. The zero-order valence-corrected chi connectivity index (χ0v) is 11.5. The Morgan fingerprint density at radius 2 is 2.24 bits per heavy atom. The van der Waals surface area contributed by atoms with Crippen LogP contribution < -0.4 is 10.2 Å². The number of hydrogen-bond donors (Lipinski definition) is 1. The summed E-state index contributed by atoms with van der Waals surface area (Å²) in [6.07, 6.45) is 1.23. The highest BCUT2D eigenvalue weighted by Crippen LogP contribution is 2.40. The van der Waals surface area contributed by atoms with Crippen molar-refractivity contribution in [3.8, 4) is 0 Å². The molecule has 1 aromatic carbocycles. The number of nitrogens with one attached hydrogen (secondary N) is 1. The number of benzene rings is 1. The number of aryl methyl sites for hydroxylation is 1. The van der Waals surface area contributed by atoms with E-state index in [1.54, 1.807) is 5.56 Å². The van der Waals surface area contributed by atoms with Crippen LogP contribution in [0.25, 0.3) is 0 Å². The van der Waals surface area contributed by atoms with Gasteiger partial charge in [0.1, 0.15) is 0 Å². The molecule has 2 nitrogen and oxygen atoms in total. The summed E-state index contributed by atoms with van der Waals surface area (Å²) in [5.41, 5.74) is 4.49. The summed E-state index contributed by atoms with van der Waals surface area (Å²) < 4.78 is 0. The number of hydrogen-bond acceptors (Lipinski definition) is 2. The molecule has 0 radical (unpaired) electrons. The fraction of sp³-hybridized carbons (Fsp3) is 0.600. The fourth-order valence-corrected chi connectivity index (χ4v) is 2.96. The number of fused-ring (bicyclic) bond motifs is 1. The van der Waals surface area contributed by atoms with Gasteiger partial charge in [0.25, 0.3) is 0 Å². The summed E-state index contributed by atoms with van der Waals surface area (Å²) in [5.74, 6) is 0.689. The molecule has 2 unspecified atom stereocenters. The molecule has 2 atom stereocenters. The SMILES string of the molecule is CCN1CC(CC(C)NC)c2c(C)cccc21. The Morgan fingerprint density at radius 3 is 2.88 bits per heavy atom. The van der Waals surface area contributed by atoms with Crippen molar-refractivity contribution in [2.45, 2.75) is 39.2 Å².